The van der Waals surface area contributed by atoms with Crippen LogP contribution in [0.2, 0.25) is 0 Å². The number of amides is 1. The third-order valence-electron chi connectivity index (χ3n) is 5.46. The predicted octanol–water partition coefficient (Wildman–Crippen LogP) is 2.85. The van der Waals surface area contributed by atoms with Gasteiger partial charge in [-0.1, -0.05) is 0 Å². The summed E-state index contributed by atoms with van der Waals surface area (Å²) in [6, 6.07) is 6.14. The smallest absolute Gasteiger partial charge is 0.406 e. The first-order chi connectivity index (χ1) is 13.3. The Labute approximate surface area is 175 Å². The maximum Gasteiger partial charge on any atom is 0.573 e. The molecule has 3 atom stereocenters. The molecule has 0 saturated carbocycles. The Hall–Kier alpha value is -1.27. The second-order valence-corrected chi connectivity index (χ2v) is 7.64. The van der Waals surface area contributed by atoms with Gasteiger partial charge in [-0.15, -0.1) is 13.2 Å². The van der Waals surface area contributed by atoms with Crippen molar-refractivity contribution in [2.75, 3.05) is 24.6 Å². The Morgan fingerprint density at radius 1 is 1.25 bits per heavy atom. The topological polar surface area (TPSA) is 65.0 Å². The van der Waals surface area contributed by atoms with E-state index in [4.69, 9.17) is 0 Å². The number of alkyl halides is 3. The molecule has 0 aromatic heterocycles. The third kappa shape index (κ3) is 5.01. The van der Waals surface area contributed by atoms with Crippen LogP contribution in [-0.2, 0) is 4.79 Å². The Bertz CT molecular complexity index is 674. The number of piperidine rings is 1. The highest BCUT2D eigenvalue weighted by molar-refractivity contribution is 14.1. The second-order valence-electron chi connectivity index (χ2n) is 7.10. The van der Waals surface area contributed by atoms with Gasteiger partial charge in [0.05, 0.1) is 29.5 Å². The van der Waals surface area contributed by atoms with Gasteiger partial charge >= 0.3 is 6.36 Å². The lowest BCUT2D eigenvalue weighted by molar-refractivity contribution is -0.274. The number of hydrogen-bond acceptors (Lipinski definition) is 5. The van der Waals surface area contributed by atoms with Crippen LogP contribution >= 0.6 is 22.9 Å². The maximum absolute atomic E-state index is 12.3. The monoisotopic (exact) mass is 513 g/mol. The summed E-state index contributed by atoms with van der Waals surface area (Å²) in [5.41, 5.74) is 0.856. The molecular weight excluding hydrogens is 490 g/mol. The second kappa shape index (κ2) is 9.04. The first kappa shape index (κ1) is 21.4. The van der Waals surface area contributed by atoms with E-state index in [1.165, 1.54) is 12.1 Å². The number of aliphatic hydroxyl groups is 1. The summed E-state index contributed by atoms with van der Waals surface area (Å²) in [5.74, 6) is -0.348. The van der Waals surface area contributed by atoms with Crippen LogP contribution < -0.4 is 13.2 Å². The number of carbonyl (C=O) groups is 1. The van der Waals surface area contributed by atoms with Crippen LogP contribution in [-0.4, -0.2) is 60.1 Å². The molecule has 1 aromatic carbocycles. The van der Waals surface area contributed by atoms with Crippen molar-refractivity contribution < 1.29 is 27.8 Å². The number of nitrogens with zero attached hydrogens (tertiary/aromatic N) is 2. The number of anilines is 1. The van der Waals surface area contributed by atoms with Crippen LogP contribution in [0, 0.1) is 0 Å². The number of rotatable bonds is 6. The van der Waals surface area contributed by atoms with Crippen LogP contribution in [0.25, 0.3) is 0 Å². The summed E-state index contributed by atoms with van der Waals surface area (Å²) >= 11 is 1.80. The molecule has 2 aliphatic heterocycles. The Morgan fingerprint density at radius 2 is 1.96 bits per heavy atom. The largest absolute Gasteiger partial charge is 0.573 e. The number of nitrogens with one attached hydrogen (secondary N) is 1. The van der Waals surface area contributed by atoms with Crippen molar-refractivity contribution in [3.63, 3.8) is 0 Å². The maximum atomic E-state index is 12.3. The van der Waals surface area contributed by atoms with Crippen molar-refractivity contribution in [3.05, 3.63) is 24.3 Å². The Kier molecular flexibility index (Phi) is 6.92. The number of likely N-dealkylation sites (tertiary alicyclic amines) is 1. The summed E-state index contributed by atoms with van der Waals surface area (Å²) < 4.78 is 43.6. The van der Waals surface area contributed by atoms with Crippen LogP contribution in [0.3, 0.4) is 0 Å². The standard InChI is InChI=1S/C18H23F3IN3O3/c19-18(20,21)28-14-5-3-12(4-6-14)25-9-7-16-15(25)2-1-8-24(16)13(11-26)10-17(27)23-22/h3-6,13,15-16,26H,1-2,7-11H2,(H,23,27). The first-order valence-corrected chi connectivity index (χ1v) is 10.3. The minimum atomic E-state index is -4.70. The van der Waals surface area contributed by atoms with Crippen molar-refractivity contribution in [2.24, 2.45) is 0 Å². The molecule has 10 heteroatoms. The summed E-state index contributed by atoms with van der Waals surface area (Å²) in [6.07, 6.45) is -1.67. The zero-order valence-corrected chi connectivity index (χ0v) is 17.3. The van der Waals surface area contributed by atoms with Gasteiger partial charge in [-0.2, -0.15) is 0 Å². The molecule has 0 bridgehead atoms. The van der Waals surface area contributed by atoms with Gasteiger partial charge < -0.3 is 14.7 Å². The minimum absolute atomic E-state index is 0.0865. The number of hydrogen-bond donors (Lipinski definition) is 2. The molecule has 2 heterocycles. The van der Waals surface area contributed by atoms with Gasteiger partial charge in [-0.3, -0.25) is 13.2 Å². The van der Waals surface area contributed by atoms with Gasteiger partial charge in [0.1, 0.15) is 5.75 Å². The molecule has 0 aliphatic carbocycles. The predicted molar refractivity (Wildman–Crippen MR) is 106 cm³/mol. The Balaban J connectivity index is 1.71. The van der Waals surface area contributed by atoms with Crippen LogP contribution in [0.4, 0.5) is 18.9 Å². The SMILES string of the molecule is O=C(CC(CO)N1CCCC2C1CCN2c1ccc(OC(F)(F)F)cc1)NI. The van der Waals surface area contributed by atoms with E-state index in [0.717, 1.165) is 38.0 Å². The summed E-state index contributed by atoms with van der Waals surface area (Å²) in [4.78, 5) is 16.2. The molecule has 2 N–H and O–H groups in total. The summed E-state index contributed by atoms with van der Waals surface area (Å²) in [5, 5.41) is 9.81. The van der Waals surface area contributed by atoms with Crippen molar-refractivity contribution in [1.82, 2.24) is 8.43 Å². The number of aliphatic hydroxyl groups excluding tert-OH is 1. The lowest BCUT2D eigenvalue weighted by Crippen LogP contribution is -2.55. The number of ether oxygens (including phenoxy) is 1. The molecule has 3 rings (SSSR count). The van der Waals surface area contributed by atoms with Gasteiger partial charge in [0.15, 0.2) is 0 Å². The Morgan fingerprint density at radius 3 is 2.57 bits per heavy atom. The van der Waals surface area contributed by atoms with E-state index >= 15 is 0 Å². The highest BCUT2D eigenvalue weighted by Gasteiger charge is 2.42. The fourth-order valence-electron chi connectivity index (χ4n) is 4.37. The van der Waals surface area contributed by atoms with Crippen molar-refractivity contribution >= 4 is 34.5 Å². The number of carbonyl (C=O) groups excluding carboxylic acids is 1. The van der Waals surface area contributed by atoms with Gasteiger partial charge in [0.2, 0.25) is 5.91 Å². The summed E-state index contributed by atoms with van der Waals surface area (Å²) in [6.45, 7) is 1.52. The molecular formula is C18H23F3IN3O3. The number of fused-ring (bicyclic) bond motifs is 1. The average molecular weight is 513 g/mol. The van der Waals surface area contributed by atoms with E-state index < -0.39 is 6.36 Å². The highest BCUT2D eigenvalue weighted by atomic mass is 127. The first-order valence-electron chi connectivity index (χ1n) is 9.21. The highest BCUT2D eigenvalue weighted by Crippen LogP contribution is 2.36. The van der Waals surface area contributed by atoms with E-state index in [1.807, 2.05) is 0 Å². The minimum Gasteiger partial charge on any atom is -0.406 e. The molecule has 6 nitrogen and oxygen atoms in total. The number of benzene rings is 1. The summed E-state index contributed by atoms with van der Waals surface area (Å²) in [7, 11) is 0. The van der Waals surface area contributed by atoms with Gasteiger partial charge in [0.25, 0.3) is 0 Å². The molecule has 1 aromatic rings. The van der Waals surface area contributed by atoms with E-state index in [-0.39, 0.29) is 42.8 Å². The number of halogens is 4. The average Bonchev–Trinajstić information content (AvgIpc) is 3.09. The lowest BCUT2D eigenvalue weighted by Gasteiger charge is -2.43. The molecule has 2 fully saturated rings. The van der Waals surface area contributed by atoms with E-state index in [2.05, 4.69) is 18.1 Å². The van der Waals surface area contributed by atoms with E-state index in [0.29, 0.717) is 0 Å². The van der Waals surface area contributed by atoms with E-state index in [1.54, 1.807) is 35.0 Å². The zero-order chi connectivity index (χ0) is 20.3. The molecule has 0 spiro atoms. The normalized spacial score (nSPS) is 24.0. The fourth-order valence-corrected chi connectivity index (χ4v) is 4.59. The van der Waals surface area contributed by atoms with Crippen LogP contribution in [0.5, 0.6) is 5.75 Å². The van der Waals surface area contributed by atoms with Gasteiger partial charge in [-0.25, -0.2) is 0 Å². The molecule has 156 valence electrons. The van der Waals surface area contributed by atoms with E-state index in [9.17, 15) is 23.1 Å². The quantitative estimate of drug-likeness (QED) is 0.453. The molecule has 0 radical (unpaired) electrons. The molecule has 1 amide bonds. The van der Waals surface area contributed by atoms with Crippen LogP contribution in [0.1, 0.15) is 25.7 Å². The fraction of sp³-hybridized carbons (Fsp3) is 0.611. The lowest BCUT2D eigenvalue weighted by atomic mass is 9.94. The van der Waals surface area contributed by atoms with Crippen LogP contribution in [0.15, 0.2) is 24.3 Å². The molecule has 2 saturated heterocycles. The van der Waals surface area contributed by atoms with Gasteiger partial charge in [-0.05, 0) is 50.1 Å². The molecule has 28 heavy (non-hydrogen) atoms. The van der Waals surface area contributed by atoms with Crippen molar-refractivity contribution in [2.45, 2.75) is 50.2 Å². The molecule has 3 unspecified atom stereocenters. The third-order valence-corrected chi connectivity index (χ3v) is 6.06. The van der Waals surface area contributed by atoms with Gasteiger partial charge in [0, 0.05) is 36.8 Å². The van der Waals surface area contributed by atoms with Crippen molar-refractivity contribution in [1.29, 1.82) is 0 Å². The molecule has 2 aliphatic rings. The van der Waals surface area contributed by atoms with Crippen molar-refractivity contribution in [3.8, 4) is 5.75 Å². The zero-order valence-electron chi connectivity index (χ0n) is 15.2.